The van der Waals surface area contributed by atoms with E-state index in [-0.39, 0.29) is 6.79 Å². The highest BCUT2D eigenvalue weighted by atomic mass is 35.5. The molecule has 1 heterocycles. The van der Waals surface area contributed by atoms with E-state index in [0.717, 1.165) is 24.9 Å². The summed E-state index contributed by atoms with van der Waals surface area (Å²) in [6, 6.07) is 4.17. The van der Waals surface area contributed by atoms with E-state index in [1.54, 1.807) is 0 Å². The lowest BCUT2D eigenvalue weighted by Crippen LogP contribution is -2.27. The molecule has 0 aliphatic carbocycles. The van der Waals surface area contributed by atoms with Crippen molar-refractivity contribution >= 4 is 11.6 Å². The van der Waals surface area contributed by atoms with Crippen molar-refractivity contribution in [3.8, 4) is 23.8 Å². The van der Waals surface area contributed by atoms with Crippen LogP contribution in [0, 0.1) is 12.3 Å². The van der Waals surface area contributed by atoms with E-state index >= 15 is 0 Å². The minimum absolute atomic E-state index is 0.237. The predicted molar refractivity (Wildman–Crippen MR) is 71.9 cm³/mol. The van der Waals surface area contributed by atoms with E-state index < -0.39 is 0 Å². The molecule has 0 saturated heterocycles. The summed E-state index contributed by atoms with van der Waals surface area (Å²) in [5, 5.41) is 4.00. The van der Waals surface area contributed by atoms with Crippen LogP contribution in [-0.2, 0) is 6.54 Å². The van der Waals surface area contributed by atoms with Gasteiger partial charge < -0.3 is 14.8 Å². The summed E-state index contributed by atoms with van der Waals surface area (Å²) in [6.45, 7) is 3.07. The molecule has 2 rings (SSSR count). The van der Waals surface area contributed by atoms with Crippen molar-refractivity contribution in [2.24, 2.45) is 0 Å². The second-order valence-electron chi connectivity index (χ2n) is 4.21. The van der Waals surface area contributed by atoms with Crippen LogP contribution in [-0.4, -0.2) is 12.8 Å². The van der Waals surface area contributed by atoms with Gasteiger partial charge in [0.1, 0.15) is 0 Å². The van der Waals surface area contributed by atoms with Gasteiger partial charge in [-0.1, -0.05) is 18.5 Å². The predicted octanol–water partition coefficient (Wildman–Crippen LogP) is 2.96. The normalized spacial score (nSPS) is 14.3. The third kappa shape index (κ3) is 2.90. The van der Waals surface area contributed by atoms with Gasteiger partial charge in [0.05, 0.1) is 5.02 Å². The van der Waals surface area contributed by atoms with Crippen LogP contribution in [0.5, 0.6) is 11.5 Å². The summed E-state index contributed by atoms with van der Waals surface area (Å²) < 4.78 is 10.6. The minimum Gasteiger partial charge on any atom is -0.454 e. The zero-order chi connectivity index (χ0) is 13.0. The van der Waals surface area contributed by atoms with Crippen LogP contribution in [0.1, 0.15) is 25.3 Å². The van der Waals surface area contributed by atoms with Crippen LogP contribution < -0.4 is 14.8 Å². The summed E-state index contributed by atoms with van der Waals surface area (Å²) in [5.74, 6) is 4.02. The molecular formula is C14H16ClNO2. The molecule has 0 bridgehead atoms. The molecule has 1 N–H and O–H groups in total. The molecular weight excluding hydrogens is 250 g/mol. The Morgan fingerprint density at radius 3 is 3.06 bits per heavy atom. The second-order valence-corrected chi connectivity index (χ2v) is 4.61. The zero-order valence-electron chi connectivity index (χ0n) is 10.3. The lowest BCUT2D eigenvalue weighted by Gasteiger charge is -2.14. The van der Waals surface area contributed by atoms with Gasteiger partial charge in [-0.25, -0.2) is 0 Å². The number of ether oxygens (including phenoxy) is 2. The molecule has 96 valence electrons. The Bertz CT molecular complexity index is 468. The van der Waals surface area contributed by atoms with E-state index in [4.69, 9.17) is 27.5 Å². The minimum atomic E-state index is 0.237. The number of rotatable bonds is 5. The Hall–Kier alpha value is -1.37. The summed E-state index contributed by atoms with van der Waals surface area (Å²) in [7, 11) is 0. The standard InChI is InChI=1S/C14H16ClNO2/c1-3-5-11(4-2)16-8-10-6-12(15)14-13(7-10)17-9-18-14/h1,6-7,11,16H,4-5,8-9H2,2H3. The van der Waals surface area contributed by atoms with Crippen LogP contribution >= 0.6 is 11.6 Å². The van der Waals surface area contributed by atoms with Gasteiger partial charge in [0.15, 0.2) is 11.5 Å². The molecule has 3 nitrogen and oxygen atoms in total. The van der Waals surface area contributed by atoms with Crippen LogP contribution in [0.3, 0.4) is 0 Å². The van der Waals surface area contributed by atoms with Gasteiger partial charge in [-0.2, -0.15) is 0 Å². The second kappa shape index (κ2) is 5.99. The van der Waals surface area contributed by atoms with Crippen molar-refractivity contribution in [2.45, 2.75) is 32.4 Å². The van der Waals surface area contributed by atoms with Crippen molar-refractivity contribution in [1.82, 2.24) is 5.32 Å². The Morgan fingerprint density at radius 2 is 2.33 bits per heavy atom. The molecule has 0 amide bonds. The van der Waals surface area contributed by atoms with Crippen molar-refractivity contribution < 1.29 is 9.47 Å². The number of fused-ring (bicyclic) bond motifs is 1. The third-order valence-electron chi connectivity index (χ3n) is 2.94. The summed E-state index contributed by atoms with van der Waals surface area (Å²) >= 11 is 6.12. The average molecular weight is 266 g/mol. The number of hydrogen-bond acceptors (Lipinski definition) is 3. The highest BCUT2D eigenvalue weighted by Gasteiger charge is 2.18. The van der Waals surface area contributed by atoms with E-state index in [1.165, 1.54) is 0 Å². The zero-order valence-corrected chi connectivity index (χ0v) is 11.1. The van der Waals surface area contributed by atoms with Crippen molar-refractivity contribution in [3.63, 3.8) is 0 Å². The maximum absolute atomic E-state index is 6.12. The molecule has 0 saturated carbocycles. The van der Waals surface area contributed by atoms with Gasteiger partial charge in [-0.15, -0.1) is 12.3 Å². The molecule has 1 aromatic carbocycles. The van der Waals surface area contributed by atoms with Crippen LogP contribution in [0.2, 0.25) is 5.02 Å². The van der Waals surface area contributed by atoms with Crippen LogP contribution in [0.15, 0.2) is 12.1 Å². The van der Waals surface area contributed by atoms with E-state index in [9.17, 15) is 0 Å². The number of hydrogen-bond donors (Lipinski definition) is 1. The fourth-order valence-corrected chi connectivity index (χ4v) is 2.18. The fraction of sp³-hybridized carbons (Fsp3) is 0.429. The van der Waals surface area contributed by atoms with Crippen LogP contribution in [0.4, 0.5) is 0 Å². The Morgan fingerprint density at radius 1 is 1.50 bits per heavy atom. The maximum Gasteiger partial charge on any atom is 0.231 e. The Kier molecular flexibility index (Phi) is 4.35. The van der Waals surface area contributed by atoms with Crippen molar-refractivity contribution in [2.75, 3.05) is 6.79 Å². The monoisotopic (exact) mass is 265 g/mol. The molecule has 1 atom stereocenters. The SMILES string of the molecule is C#CCC(CC)NCc1cc(Cl)c2c(c1)OCO2. The maximum atomic E-state index is 6.12. The van der Waals surface area contributed by atoms with Gasteiger partial charge in [-0.3, -0.25) is 0 Å². The lowest BCUT2D eigenvalue weighted by molar-refractivity contribution is 0.174. The molecule has 0 spiro atoms. The first kappa shape index (κ1) is 13.1. The Labute approximate surface area is 112 Å². The molecule has 1 unspecified atom stereocenters. The van der Waals surface area contributed by atoms with Gasteiger partial charge in [-0.05, 0) is 24.1 Å². The molecule has 18 heavy (non-hydrogen) atoms. The molecule has 0 radical (unpaired) electrons. The quantitative estimate of drug-likeness (QED) is 0.831. The average Bonchev–Trinajstić information content (AvgIpc) is 2.83. The van der Waals surface area contributed by atoms with E-state index in [2.05, 4.69) is 18.2 Å². The van der Waals surface area contributed by atoms with Crippen LogP contribution in [0.25, 0.3) is 0 Å². The highest BCUT2D eigenvalue weighted by molar-refractivity contribution is 6.32. The summed E-state index contributed by atoms with van der Waals surface area (Å²) in [6.07, 6.45) is 7.06. The first-order valence-electron chi connectivity index (χ1n) is 5.99. The van der Waals surface area contributed by atoms with Gasteiger partial charge in [0.2, 0.25) is 6.79 Å². The molecule has 1 aromatic rings. The van der Waals surface area contributed by atoms with Crippen molar-refractivity contribution in [3.05, 3.63) is 22.7 Å². The summed E-state index contributed by atoms with van der Waals surface area (Å²) in [5.41, 5.74) is 1.07. The highest BCUT2D eigenvalue weighted by Crippen LogP contribution is 2.39. The number of nitrogens with one attached hydrogen (secondary N) is 1. The topological polar surface area (TPSA) is 30.5 Å². The molecule has 1 aliphatic rings. The van der Waals surface area contributed by atoms with E-state index in [1.807, 2.05) is 12.1 Å². The first-order chi connectivity index (χ1) is 8.74. The molecule has 0 aromatic heterocycles. The number of benzene rings is 1. The lowest BCUT2D eigenvalue weighted by atomic mass is 10.1. The number of terminal acetylenes is 1. The first-order valence-corrected chi connectivity index (χ1v) is 6.37. The van der Waals surface area contributed by atoms with Crippen molar-refractivity contribution in [1.29, 1.82) is 0 Å². The van der Waals surface area contributed by atoms with Gasteiger partial charge in [0.25, 0.3) is 0 Å². The smallest absolute Gasteiger partial charge is 0.231 e. The Balaban J connectivity index is 2.02. The molecule has 1 aliphatic heterocycles. The van der Waals surface area contributed by atoms with Gasteiger partial charge >= 0.3 is 0 Å². The molecule has 4 heteroatoms. The van der Waals surface area contributed by atoms with Gasteiger partial charge in [0, 0.05) is 19.0 Å². The third-order valence-corrected chi connectivity index (χ3v) is 3.22. The molecule has 0 fully saturated rings. The largest absolute Gasteiger partial charge is 0.454 e. The number of halogens is 1. The summed E-state index contributed by atoms with van der Waals surface area (Å²) in [4.78, 5) is 0. The fourth-order valence-electron chi connectivity index (χ4n) is 1.89. The van der Waals surface area contributed by atoms with E-state index in [0.29, 0.717) is 22.6 Å².